The highest BCUT2D eigenvalue weighted by Gasteiger charge is 2.33. The number of carbonyl (C=O) groups is 1. The molecule has 0 unspecified atom stereocenters. The number of hydrogen-bond acceptors (Lipinski definition) is 5. The second kappa shape index (κ2) is 9.36. The first kappa shape index (κ1) is 21.1. The van der Waals surface area contributed by atoms with Crippen LogP contribution in [0.4, 0.5) is 5.69 Å². The van der Waals surface area contributed by atoms with Crippen molar-refractivity contribution in [3.63, 3.8) is 0 Å². The van der Waals surface area contributed by atoms with Crippen LogP contribution in [0.5, 0.6) is 5.75 Å². The molecule has 0 atom stereocenters. The summed E-state index contributed by atoms with van der Waals surface area (Å²) in [5.41, 5.74) is 2.94. The van der Waals surface area contributed by atoms with E-state index in [0.29, 0.717) is 37.9 Å². The van der Waals surface area contributed by atoms with Crippen LogP contribution in [0.25, 0.3) is 6.08 Å². The van der Waals surface area contributed by atoms with Crippen molar-refractivity contribution < 1.29 is 9.53 Å². The van der Waals surface area contributed by atoms with Gasteiger partial charge in [-0.05, 0) is 48.0 Å². The summed E-state index contributed by atoms with van der Waals surface area (Å²) in [6, 6.07) is 24.0. The number of amides is 1. The number of anilines is 1. The van der Waals surface area contributed by atoms with Crippen LogP contribution in [0.1, 0.15) is 16.7 Å². The van der Waals surface area contributed by atoms with Crippen molar-refractivity contribution >= 4 is 57.6 Å². The second-order valence-corrected chi connectivity index (χ2v) is 8.74. The predicted octanol–water partition coefficient (Wildman–Crippen LogP) is 6.20. The number of ether oxygens (including phenoxy) is 1. The quantitative estimate of drug-likeness (QED) is 0.334. The molecule has 1 aliphatic heterocycles. The van der Waals surface area contributed by atoms with E-state index in [0.717, 1.165) is 11.1 Å². The van der Waals surface area contributed by atoms with Gasteiger partial charge in [-0.25, -0.2) is 0 Å². The average molecular weight is 463 g/mol. The molecule has 0 aliphatic carbocycles. The third-order valence-corrected chi connectivity index (χ3v) is 6.11. The Kier molecular flexibility index (Phi) is 6.38. The lowest BCUT2D eigenvalue weighted by Crippen LogP contribution is -2.27. The van der Waals surface area contributed by atoms with Gasteiger partial charge in [0.2, 0.25) is 0 Å². The van der Waals surface area contributed by atoms with Crippen LogP contribution in [0, 0.1) is 11.3 Å². The molecule has 0 saturated carbocycles. The SMILES string of the molecule is N#Cc1ccccc1COc1ccc(/C=C2/SC(=S)N(c3cccc(Cl)c3)C2=O)cc1. The number of halogens is 1. The van der Waals surface area contributed by atoms with Crippen LogP contribution in [0.3, 0.4) is 0 Å². The molecule has 1 fully saturated rings. The predicted molar refractivity (Wildman–Crippen MR) is 129 cm³/mol. The monoisotopic (exact) mass is 462 g/mol. The summed E-state index contributed by atoms with van der Waals surface area (Å²) < 4.78 is 6.27. The molecule has 4 nitrogen and oxygen atoms in total. The van der Waals surface area contributed by atoms with E-state index in [4.69, 9.17) is 28.6 Å². The zero-order valence-corrected chi connectivity index (χ0v) is 18.5. The van der Waals surface area contributed by atoms with Crippen LogP contribution >= 0.6 is 35.6 Å². The van der Waals surface area contributed by atoms with E-state index in [9.17, 15) is 10.1 Å². The summed E-state index contributed by atoms with van der Waals surface area (Å²) in [4.78, 5) is 14.9. The van der Waals surface area contributed by atoms with Gasteiger partial charge in [-0.1, -0.05) is 72.0 Å². The summed E-state index contributed by atoms with van der Waals surface area (Å²) in [6.07, 6.45) is 1.80. The number of benzene rings is 3. The highest BCUT2D eigenvalue weighted by molar-refractivity contribution is 8.27. The molecule has 0 spiro atoms. The summed E-state index contributed by atoms with van der Waals surface area (Å²) in [5.74, 6) is 0.502. The molecule has 1 heterocycles. The van der Waals surface area contributed by atoms with Gasteiger partial charge in [0, 0.05) is 10.6 Å². The van der Waals surface area contributed by atoms with Crippen molar-refractivity contribution in [1.29, 1.82) is 5.26 Å². The van der Waals surface area contributed by atoms with Crippen molar-refractivity contribution in [2.75, 3.05) is 4.90 Å². The topological polar surface area (TPSA) is 53.3 Å². The van der Waals surface area contributed by atoms with Gasteiger partial charge in [-0.3, -0.25) is 9.69 Å². The fourth-order valence-corrected chi connectivity index (χ4v) is 4.52. The van der Waals surface area contributed by atoms with Crippen molar-refractivity contribution in [1.82, 2.24) is 0 Å². The van der Waals surface area contributed by atoms with Crippen molar-refractivity contribution in [3.05, 3.63) is 99.4 Å². The summed E-state index contributed by atoms with van der Waals surface area (Å²) in [5, 5.41) is 9.72. The van der Waals surface area contributed by atoms with Gasteiger partial charge in [0.1, 0.15) is 12.4 Å². The fraction of sp³-hybridized carbons (Fsp3) is 0.0417. The lowest BCUT2D eigenvalue weighted by atomic mass is 10.1. The fourth-order valence-electron chi connectivity index (χ4n) is 3.03. The van der Waals surface area contributed by atoms with E-state index >= 15 is 0 Å². The molecule has 1 saturated heterocycles. The van der Waals surface area contributed by atoms with Gasteiger partial charge in [-0.15, -0.1) is 0 Å². The normalized spacial score (nSPS) is 14.7. The Morgan fingerprint density at radius 2 is 1.87 bits per heavy atom. The van der Waals surface area contributed by atoms with E-state index in [2.05, 4.69) is 6.07 Å². The first-order chi connectivity index (χ1) is 15.0. The first-order valence-electron chi connectivity index (χ1n) is 9.29. The third-order valence-electron chi connectivity index (χ3n) is 4.57. The van der Waals surface area contributed by atoms with E-state index in [1.165, 1.54) is 16.7 Å². The molecular formula is C24H15ClN2O2S2. The van der Waals surface area contributed by atoms with E-state index in [1.807, 2.05) is 42.5 Å². The minimum absolute atomic E-state index is 0.175. The van der Waals surface area contributed by atoms with Crippen LogP contribution in [-0.2, 0) is 11.4 Å². The zero-order chi connectivity index (χ0) is 21.8. The molecule has 0 bridgehead atoms. The largest absolute Gasteiger partial charge is 0.489 e. The lowest BCUT2D eigenvalue weighted by Gasteiger charge is -2.14. The Morgan fingerprint density at radius 1 is 1.10 bits per heavy atom. The molecule has 3 aromatic rings. The Balaban J connectivity index is 1.46. The van der Waals surface area contributed by atoms with Gasteiger partial charge in [0.05, 0.1) is 22.2 Å². The average Bonchev–Trinajstić information content (AvgIpc) is 3.06. The molecule has 0 aromatic heterocycles. The first-order valence-corrected chi connectivity index (χ1v) is 10.9. The van der Waals surface area contributed by atoms with Crippen LogP contribution < -0.4 is 9.64 Å². The zero-order valence-electron chi connectivity index (χ0n) is 16.1. The molecule has 0 radical (unpaired) electrons. The van der Waals surface area contributed by atoms with Crippen molar-refractivity contribution in [2.45, 2.75) is 6.61 Å². The van der Waals surface area contributed by atoms with Gasteiger partial charge in [0.15, 0.2) is 4.32 Å². The van der Waals surface area contributed by atoms with Gasteiger partial charge >= 0.3 is 0 Å². The number of thiocarbonyl (C=S) groups is 1. The standard InChI is InChI=1S/C24H15ClN2O2S2/c25-19-6-3-7-20(13-19)27-23(28)22(31-24(27)30)12-16-8-10-21(11-9-16)29-15-18-5-2-1-4-17(18)14-26/h1-13H,15H2/b22-12+. The lowest BCUT2D eigenvalue weighted by molar-refractivity contribution is -0.113. The number of hydrogen-bond donors (Lipinski definition) is 0. The van der Waals surface area contributed by atoms with Crippen molar-refractivity contribution in [2.24, 2.45) is 0 Å². The number of thioether (sulfide) groups is 1. The number of nitrogens with zero attached hydrogens (tertiary/aromatic N) is 2. The minimum Gasteiger partial charge on any atom is -0.489 e. The Hall–Kier alpha value is -3.11. The summed E-state index contributed by atoms with van der Waals surface area (Å²) >= 11 is 12.7. The van der Waals surface area contributed by atoms with E-state index < -0.39 is 0 Å². The Labute approximate surface area is 194 Å². The van der Waals surface area contributed by atoms with Crippen LogP contribution in [0.15, 0.2) is 77.7 Å². The maximum Gasteiger partial charge on any atom is 0.270 e. The third kappa shape index (κ3) is 4.80. The summed E-state index contributed by atoms with van der Waals surface area (Å²) in [7, 11) is 0. The molecule has 1 aliphatic rings. The van der Waals surface area contributed by atoms with Gasteiger partial charge < -0.3 is 4.74 Å². The number of carbonyl (C=O) groups excluding carboxylic acids is 1. The molecule has 3 aromatic carbocycles. The molecule has 1 amide bonds. The summed E-state index contributed by atoms with van der Waals surface area (Å²) in [6.45, 7) is 0.307. The highest BCUT2D eigenvalue weighted by atomic mass is 35.5. The van der Waals surface area contributed by atoms with E-state index in [1.54, 1.807) is 36.4 Å². The smallest absolute Gasteiger partial charge is 0.270 e. The molecule has 4 rings (SSSR count). The second-order valence-electron chi connectivity index (χ2n) is 6.62. The molecule has 0 N–H and O–H groups in total. The van der Waals surface area contributed by atoms with Crippen molar-refractivity contribution in [3.8, 4) is 11.8 Å². The van der Waals surface area contributed by atoms with Crippen LogP contribution in [-0.4, -0.2) is 10.2 Å². The Bertz CT molecular complexity index is 1230. The highest BCUT2D eigenvalue weighted by Crippen LogP contribution is 2.36. The molecule has 152 valence electrons. The molecular weight excluding hydrogens is 448 g/mol. The Morgan fingerprint density at radius 3 is 2.61 bits per heavy atom. The molecule has 7 heteroatoms. The molecule has 31 heavy (non-hydrogen) atoms. The maximum atomic E-state index is 12.9. The van der Waals surface area contributed by atoms with Gasteiger partial charge in [-0.2, -0.15) is 5.26 Å². The number of nitriles is 1. The van der Waals surface area contributed by atoms with E-state index in [-0.39, 0.29) is 5.91 Å². The van der Waals surface area contributed by atoms with Gasteiger partial charge in [0.25, 0.3) is 5.91 Å². The maximum absolute atomic E-state index is 12.9. The van der Waals surface area contributed by atoms with Crippen LogP contribution in [0.2, 0.25) is 5.02 Å². The number of rotatable bonds is 5. The minimum atomic E-state index is -0.175.